The predicted molar refractivity (Wildman–Crippen MR) is 68.1 cm³/mol. The van der Waals surface area contributed by atoms with Gasteiger partial charge in [0.2, 0.25) is 0 Å². The van der Waals surface area contributed by atoms with Gasteiger partial charge in [-0.15, -0.1) is 0 Å². The predicted octanol–water partition coefficient (Wildman–Crippen LogP) is 3.70. The highest BCUT2D eigenvalue weighted by Crippen LogP contribution is 2.29. The van der Waals surface area contributed by atoms with E-state index in [0.29, 0.717) is 11.4 Å². The van der Waals surface area contributed by atoms with Crippen molar-refractivity contribution < 1.29 is 8.78 Å². The van der Waals surface area contributed by atoms with Gasteiger partial charge in [-0.25, -0.2) is 8.78 Å². The van der Waals surface area contributed by atoms with E-state index in [9.17, 15) is 8.78 Å². The van der Waals surface area contributed by atoms with Gasteiger partial charge in [0.05, 0.1) is 11.3 Å². The van der Waals surface area contributed by atoms with E-state index in [1.165, 1.54) is 18.2 Å². The number of hydrogen-bond acceptors (Lipinski definition) is 1. The Hall–Kier alpha value is -2.36. The van der Waals surface area contributed by atoms with Crippen LogP contribution in [0.1, 0.15) is 0 Å². The van der Waals surface area contributed by atoms with Gasteiger partial charge in [-0.2, -0.15) is 0 Å². The van der Waals surface area contributed by atoms with Crippen molar-refractivity contribution in [3.8, 4) is 11.3 Å². The zero-order valence-electron chi connectivity index (χ0n) is 9.37. The number of nitrogens with two attached hydrogens (primary N) is 1. The van der Waals surface area contributed by atoms with Gasteiger partial charge in [0, 0.05) is 16.6 Å². The van der Waals surface area contributed by atoms with E-state index in [1.54, 1.807) is 24.3 Å². The molecule has 0 fully saturated rings. The molecular formula is C14H10F2N2. The molecule has 2 nitrogen and oxygen atoms in total. The quantitative estimate of drug-likeness (QED) is 0.630. The molecule has 18 heavy (non-hydrogen) atoms. The normalized spacial score (nSPS) is 11.0. The molecule has 3 aromatic rings. The Balaban J connectivity index is 2.26. The fourth-order valence-corrected chi connectivity index (χ4v) is 2.04. The van der Waals surface area contributed by atoms with Crippen molar-refractivity contribution >= 4 is 16.6 Å². The molecule has 1 heterocycles. The molecule has 0 atom stereocenters. The standard InChI is InChI=1S/C14H10F2N2/c15-10-2-1-3-11(16)14(10)13-7-8-6-9(17)4-5-12(8)18-13/h1-7,18H,17H2. The average Bonchev–Trinajstić information content (AvgIpc) is 2.71. The van der Waals surface area contributed by atoms with Crippen LogP contribution in [0, 0.1) is 11.6 Å². The highest BCUT2D eigenvalue weighted by molar-refractivity contribution is 5.88. The van der Waals surface area contributed by atoms with E-state index in [0.717, 1.165) is 10.9 Å². The van der Waals surface area contributed by atoms with Crippen LogP contribution in [0.4, 0.5) is 14.5 Å². The number of halogens is 2. The summed E-state index contributed by atoms with van der Waals surface area (Å²) in [6.45, 7) is 0. The molecule has 0 aliphatic heterocycles. The van der Waals surface area contributed by atoms with E-state index >= 15 is 0 Å². The maximum Gasteiger partial charge on any atom is 0.135 e. The van der Waals surface area contributed by atoms with Crippen LogP contribution in [0.2, 0.25) is 0 Å². The lowest BCUT2D eigenvalue weighted by Crippen LogP contribution is -1.89. The number of aromatic amines is 1. The second-order valence-electron chi connectivity index (χ2n) is 4.13. The van der Waals surface area contributed by atoms with Crippen LogP contribution >= 0.6 is 0 Å². The second-order valence-corrected chi connectivity index (χ2v) is 4.13. The Labute approximate surface area is 102 Å². The van der Waals surface area contributed by atoms with E-state index in [-0.39, 0.29) is 5.56 Å². The van der Waals surface area contributed by atoms with Gasteiger partial charge in [-0.1, -0.05) is 6.07 Å². The highest BCUT2D eigenvalue weighted by Gasteiger charge is 2.13. The zero-order chi connectivity index (χ0) is 12.7. The molecule has 90 valence electrons. The van der Waals surface area contributed by atoms with Crippen LogP contribution in [0.3, 0.4) is 0 Å². The molecule has 1 aromatic heterocycles. The van der Waals surface area contributed by atoms with Gasteiger partial charge >= 0.3 is 0 Å². The highest BCUT2D eigenvalue weighted by atomic mass is 19.1. The summed E-state index contributed by atoms with van der Waals surface area (Å²) in [5.41, 5.74) is 7.44. The fourth-order valence-electron chi connectivity index (χ4n) is 2.04. The Morgan fingerprint density at radius 3 is 2.39 bits per heavy atom. The first-order valence-corrected chi connectivity index (χ1v) is 5.48. The minimum atomic E-state index is -0.588. The number of H-pyrrole nitrogens is 1. The summed E-state index contributed by atoms with van der Waals surface area (Å²) in [4.78, 5) is 2.99. The number of fused-ring (bicyclic) bond motifs is 1. The lowest BCUT2D eigenvalue weighted by molar-refractivity contribution is 0.589. The third-order valence-corrected chi connectivity index (χ3v) is 2.88. The number of anilines is 1. The maximum atomic E-state index is 13.7. The van der Waals surface area contributed by atoms with Gasteiger partial charge in [-0.05, 0) is 36.4 Å². The molecule has 0 aliphatic rings. The molecule has 0 saturated carbocycles. The summed E-state index contributed by atoms with van der Waals surface area (Å²) in [7, 11) is 0. The molecule has 0 amide bonds. The molecule has 0 radical (unpaired) electrons. The van der Waals surface area contributed by atoms with Crippen molar-refractivity contribution in [2.75, 3.05) is 5.73 Å². The molecule has 2 aromatic carbocycles. The molecule has 3 rings (SSSR count). The van der Waals surface area contributed by atoms with Crippen LogP contribution in [0.5, 0.6) is 0 Å². The van der Waals surface area contributed by atoms with E-state index in [4.69, 9.17) is 5.73 Å². The Kier molecular flexibility index (Phi) is 2.30. The van der Waals surface area contributed by atoms with Crippen molar-refractivity contribution in [1.82, 2.24) is 4.98 Å². The molecule has 0 unspecified atom stereocenters. The molecule has 3 N–H and O–H groups in total. The van der Waals surface area contributed by atoms with Gasteiger partial charge in [0.15, 0.2) is 0 Å². The van der Waals surface area contributed by atoms with Gasteiger partial charge in [0.1, 0.15) is 11.6 Å². The van der Waals surface area contributed by atoms with Crippen LogP contribution in [0.15, 0.2) is 42.5 Å². The number of aromatic nitrogens is 1. The van der Waals surface area contributed by atoms with Crippen molar-refractivity contribution in [1.29, 1.82) is 0 Å². The second kappa shape index (κ2) is 3.84. The Morgan fingerprint density at radius 1 is 0.944 bits per heavy atom. The molecule has 0 aliphatic carbocycles. The van der Waals surface area contributed by atoms with Crippen molar-refractivity contribution in [3.63, 3.8) is 0 Å². The summed E-state index contributed by atoms with van der Waals surface area (Å²) in [5.74, 6) is -1.18. The summed E-state index contributed by atoms with van der Waals surface area (Å²) >= 11 is 0. The van der Waals surface area contributed by atoms with Crippen molar-refractivity contribution in [2.45, 2.75) is 0 Å². The average molecular weight is 244 g/mol. The first-order chi connectivity index (χ1) is 8.65. The van der Waals surface area contributed by atoms with E-state index < -0.39 is 11.6 Å². The first-order valence-electron chi connectivity index (χ1n) is 5.48. The molecule has 0 saturated heterocycles. The third kappa shape index (κ3) is 1.62. The lowest BCUT2D eigenvalue weighted by atomic mass is 10.1. The number of nitrogen functional groups attached to an aromatic ring is 1. The number of hydrogen-bond donors (Lipinski definition) is 2. The smallest absolute Gasteiger partial charge is 0.135 e. The molecular weight excluding hydrogens is 234 g/mol. The first kappa shape index (κ1) is 10.8. The molecule has 0 spiro atoms. The lowest BCUT2D eigenvalue weighted by Gasteiger charge is -2.01. The van der Waals surface area contributed by atoms with E-state index in [2.05, 4.69) is 4.98 Å². The summed E-state index contributed by atoms with van der Waals surface area (Å²) in [6, 6.07) is 10.8. The largest absolute Gasteiger partial charge is 0.399 e. The summed E-state index contributed by atoms with van der Waals surface area (Å²) in [6.07, 6.45) is 0. The third-order valence-electron chi connectivity index (χ3n) is 2.88. The van der Waals surface area contributed by atoms with Crippen molar-refractivity contribution in [2.24, 2.45) is 0 Å². The van der Waals surface area contributed by atoms with Crippen LogP contribution in [-0.2, 0) is 0 Å². The van der Waals surface area contributed by atoms with Crippen LogP contribution < -0.4 is 5.73 Å². The van der Waals surface area contributed by atoms with Crippen molar-refractivity contribution in [3.05, 3.63) is 54.1 Å². The maximum absolute atomic E-state index is 13.7. The molecule has 0 bridgehead atoms. The monoisotopic (exact) mass is 244 g/mol. The topological polar surface area (TPSA) is 41.8 Å². The Bertz CT molecular complexity index is 711. The van der Waals surface area contributed by atoms with Gasteiger partial charge in [-0.3, -0.25) is 0 Å². The van der Waals surface area contributed by atoms with Crippen LogP contribution in [0.25, 0.3) is 22.2 Å². The Morgan fingerprint density at radius 2 is 1.67 bits per heavy atom. The van der Waals surface area contributed by atoms with Crippen LogP contribution in [-0.4, -0.2) is 4.98 Å². The minimum absolute atomic E-state index is 0.0488. The summed E-state index contributed by atoms with van der Waals surface area (Å²) < 4.78 is 27.3. The van der Waals surface area contributed by atoms with E-state index in [1.807, 2.05) is 0 Å². The zero-order valence-corrected chi connectivity index (χ0v) is 9.37. The number of benzene rings is 2. The number of nitrogens with one attached hydrogen (secondary N) is 1. The number of rotatable bonds is 1. The fraction of sp³-hybridized carbons (Fsp3) is 0. The SMILES string of the molecule is Nc1ccc2[nH]c(-c3c(F)cccc3F)cc2c1. The van der Waals surface area contributed by atoms with Gasteiger partial charge in [0.25, 0.3) is 0 Å². The molecule has 4 heteroatoms. The minimum Gasteiger partial charge on any atom is -0.399 e. The summed E-state index contributed by atoms with van der Waals surface area (Å²) in [5, 5.41) is 0.827. The van der Waals surface area contributed by atoms with Gasteiger partial charge < -0.3 is 10.7 Å².